The predicted molar refractivity (Wildman–Crippen MR) is 124 cm³/mol. The fourth-order valence-corrected chi connectivity index (χ4v) is 3.00. The standard InChI is InChI=1S/C21H28N4O2.HI/c1-15(2)26-19-10-8-17(9-11-19)25-21(22)24-14-16-7-12-20(23-13-16)27-18-5-3-4-6-18;/h7-13,15,18H,3-6,14H2,1-2H3,(H3,22,24,25);1H. The number of guanidine groups is 1. The molecule has 2 aromatic rings. The van der Waals surface area contributed by atoms with Gasteiger partial charge in [0, 0.05) is 18.0 Å². The van der Waals surface area contributed by atoms with Crippen molar-refractivity contribution in [1.29, 1.82) is 0 Å². The Hall–Kier alpha value is -2.03. The third-order valence-electron chi connectivity index (χ3n) is 4.32. The van der Waals surface area contributed by atoms with E-state index >= 15 is 0 Å². The maximum Gasteiger partial charge on any atom is 0.213 e. The molecule has 0 bridgehead atoms. The Labute approximate surface area is 184 Å². The first kappa shape index (κ1) is 22.3. The average molecular weight is 496 g/mol. The number of hydrogen-bond acceptors (Lipinski definition) is 4. The van der Waals surface area contributed by atoms with Crippen molar-refractivity contribution in [1.82, 2.24) is 4.98 Å². The molecule has 1 aliphatic carbocycles. The Morgan fingerprint density at radius 1 is 1.18 bits per heavy atom. The summed E-state index contributed by atoms with van der Waals surface area (Å²) in [4.78, 5) is 8.74. The molecule has 1 aromatic heterocycles. The summed E-state index contributed by atoms with van der Waals surface area (Å²) in [5, 5.41) is 3.08. The van der Waals surface area contributed by atoms with Crippen LogP contribution >= 0.6 is 24.0 Å². The second kappa shape index (κ2) is 11.1. The Balaban J connectivity index is 0.00000280. The van der Waals surface area contributed by atoms with Crippen LogP contribution in [0.3, 0.4) is 0 Å². The number of halogens is 1. The van der Waals surface area contributed by atoms with Crippen molar-refractivity contribution in [3.8, 4) is 11.6 Å². The summed E-state index contributed by atoms with van der Waals surface area (Å²) in [6, 6.07) is 11.5. The summed E-state index contributed by atoms with van der Waals surface area (Å²) < 4.78 is 11.5. The van der Waals surface area contributed by atoms with E-state index in [1.807, 2.05) is 50.2 Å². The molecule has 28 heavy (non-hydrogen) atoms. The van der Waals surface area contributed by atoms with Crippen LogP contribution in [0.15, 0.2) is 47.6 Å². The molecule has 0 radical (unpaired) electrons. The number of nitrogens with one attached hydrogen (secondary N) is 1. The van der Waals surface area contributed by atoms with E-state index in [0.717, 1.165) is 29.8 Å². The Kier molecular flexibility index (Phi) is 8.82. The molecular weight excluding hydrogens is 467 g/mol. The van der Waals surface area contributed by atoms with Crippen LogP contribution in [0, 0.1) is 0 Å². The number of hydrogen-bond donors (Lipinski definition) is 2. The molecule has 0 amide bonds. The average Bonchev–Trinajstić information content (AvgIpc) is 3.15. The summed E-state index contributed by atoms with van der Waals surface area (Å²) in [5.74, 6) is 1.88. The van der Waals surface area contributed by atoms with Crippen LogP contribution in [0.4, 0.5) is 5.69 Å². The normalized spacial score (nSPS) is 14.6. The van der Waals surface area contributed by atoms with Gasteiger partial charge in [-0.1, -0.05) is 6.07 Å². The lowest BCUT2D eigenvalue weighted by molar-refractivity contribution is 0.201. The number of aromatic nitrogens is 1. The minimum absolute atomic E-state index is 0. The van der Waals surface area contributed by atoms with Gasteiger partial charge in [-0.05, 0) is 69.4 Å². The van der Waals surface area contributed by atoms with Crippen LogP contribution in [0.1, 0.15) is 45.1 Å². The molecule has 1 aromatic carbocycles. The van der Waals surface area contributed by atoms with E-state index in [1.54, 1.807) is 6.20 Å². The van der Waals surface area contributed by atoms with Crippen molar-refractivity contribution in [2.75, 3.05) is 5.32 Å². The molecule has 1 aliphatic rings. The van der Waals surface area contributed by atoms with E-state index in [-0.39, 0.29) is 30.1 Å². The number of nitrogens with zero attached hydrogens (tertiary/aromatic N) is 2. The van der Waals surface area contributed by atoms with Gasteiger partial charge in [-0.15, -0.1) is 24.0 Å². The van der Waals surface area contributed by atoms with Crippen molar-refractivity contribution in [2.45, 2.75) is 58.3 Å². The molecule has 152 valence electrons. The molecule has 6 nitrogen and oxygen atoms in total. The maximum atomic E-state index is 5.97. The molecule has 0 saturated heterocycles. The van der Waals surface area contributed by atoms with Gasteiger partial charge in [-0.2, -0.15) is 0 Å². The SMILES string of the molecule is CC(C)Oc1ccc(NC(N)=NCc2ccc(OC3CCCC3)nc2)cc1.I. The number of benzene rings is 1. The van der Waals surface area contributed by atoms with Gasteiger partial charge >= 0.3 is 0 Å². The van der Waals surface area contributed by atoms with Crippen LogP contribution < -0.4 is 20.5 Å². The highest BCUT2D eigenvalue weighted by molar-refractivity contribution is 14.0. The zero-order chi connectivity index (χ0) is 19.1. The number of ether oxygens (including phenoxy) is 2. The first-order valence-electron chi connectivity index (χ1n) is 9.54. The summed E-state index contributed by atoms with van der Waals surface area (Å²) >= 11 is 0. The molecule has 0 atom stereocenters. The number of nitrogens with two attached hydrogens (primary N) is 1. The quantitative estimate of drug-likeness (QED) is 0.329. The minimum atomic E-state index is 0. The molecule has 0 unspecified atom stereocenters. The number of pyridine rings is 1. The van der Waals surface area contributed by atoms with Gasteiger partial charge in [-0.25, -0.2) is 9.98 Å². The van der Waals surface area contributed by atoms with Crippen molar-refractivity contribution in [2.24, 2.45) is 10.7 Å². The van der Waals surface area contributed by atoms with Crippen molar-refractivity contribution in [3.05, 3.63) is 48.2 Å². The number of rotatable bonds is 7. The fraction of sp³-hybridized carbons (Fsp3) is 0.429. The van der Waals surface area contributed by atoms with Crippen molar-refractivity contribution in [3.63, 3.8) is 0 Å². The van der Waals surface area contributed by atoms with E-state index in [2.05, 4.69) is 15.3 Å². The highest BCUT2D eigenvalue weighted by atomic mass is 127. The molecule has 3 N–H and O–H groups in total. The van der Waals surface area contributed by atoms with Crippen LogP contribution in [-0.2, 0) is 6.54 Å². The first-order chi connectivity index (χ1) is 13.1. The molecular formula is C21H29IN4O2. The second-order valence-corrected chi connectivity index (χ2v) is 7.05. The molecule has 0 aliphatic heterocycles. The van der Waals surface area contributed by atoms with Crippen LogP contribution in [0.2, 0.25) is 0 Å². The predicted octanol–water partition coefficient (Wildman–Crippen LogP) is 4.74. The molecule has 0 spiro atoms. The minimum Gasteiger partial charge on any atom is -0.491 e. The third kappa shape index (κ3) is 7.18. The van der Waals surface area contributed by atoms with Gasteiger partial charge in [0.05, 0.1) is 12.6 Å². The Bertz CT molecular complexity index is 742. The zero-order valence-corrected chi connectivity index (χ0v) is 18.8. The van der Waals surface area contributed by atoms with Crippen LogP contribution in [-0.4, -0.2) is 23.2 Å². The smallest absolute Gasteiger partial charge is 0.213 e. The van der Waals surface area contributed by atoms with Crippen molar-refractivity contribution < 1.29 is 9.47 Å². The third-order valence-corrected chi connectivity index (χ3v) is 4.32. The highest BCUT2D eigenvalue weighted by Crippen LogP contribution is 2.23. The molecule has 1 fully saturated rings. The van der Waals surface area contributed by atoms with Gasteiger partial charge in [0.15, 0.2) is 5.96 Å². The lowest BCUT2D eigenvalue weighted by Crippen LogP contribution is -2.22. The van der Waals surface area contributed by atoms with E-state index in [4.69, 9.17) is 15.2 Å². The van der Waals surface area contributed by atoms with E-state index in [1.165, 1.54) is 12.8 Å². The Morgan fingerprint density at radius 3 is 2.50 bits per heavy atom. The molecule has 1 heterocycles. The molecule has 1 saturated carbocycles. The Morgan fingerprint density at radius 2 is 1.89 bits per heavy atom. The summed E-state index contributed by atoms with van der Waals surface area (Å²) in [6.45, 7) is 4.46. The van der Waals surface area contributed by atoms with E-state index in [0.29, 0.717) is 24.5 Å². The van der Waals surface area contributed by atoms with Gasteiger partial charge in [-0.3, -0.25) is 0 Å². The van der Waals surface area contributed by atoms with E-state index in [9.17, 15) is 0 Å². The molecule has 7 heteroatoms. The zero-order valence-electron chi connectivity index (χ0n) is 16.4. The number of aliphatic imine (C=N–C) groups is 1. The molecule has 3 rings (SSSR count). The monoisotopic (exact) mass is 496 g/mol. The van der Waals surface area contributed by atoms with E-state index < -0.39 is 0 Å². The second-order valence-electron chi connectivity index (χ2n) is 7.05. The van der Waals surface area contributed by atoms with Gasteiger partial charge in [0.1, 0.15) is 11.9 Å². The lowest BCUT2D eigenvalue weighted by Gasteiger charge is -2.12. The van der Waals surface area contributed by atoms with Gasteiger partial charge < -0.3 is 20.5 Å². The maximum absolute atomic E-state index is 5.97. The van der Waals surface area contributed by atoms with Crippen molar-refractivity contribution >= 4 is 35.6 Å². The highest BCUT2D eigenvalue weighted by Gasteiger charge is 2.16. The largest absolute Gasteiger partial charge is 0.491 e. The summed E-state index contributed by atoms with van der Waals surface area (Å²) in [5.41, 5.74) is 7.83. The number of anilines is 1. The topological polar surface area (TPSA) is 81.8 Å². The summed E-state index contributed by atoms with van der Waals surface area (Å²) in [7, 11) is 0. The first-order valence-corrected chi connectivity index (χ1v) is 9.54. The fourth-order valence-electron chi connectivity index (χ4n) is 3.00. The summed E-state index contributed by atoms with van der Waals surface area (Å²) in [6.07, 6.45) is 7.01. The van der Waals surface area contributed by atoms with Gasteiger partial charge in [0.25, 0.3) is 0 Å². The van der Waals surface area contributed by atoms with Crippen LogP contribution in [0.5, 0.6) is 11.6 Å². The van der Waals surface area contributed by atoms with Crippen LogP contribution in [0.25, 0.3) is 0 Å². The lowest BCUT2D eigenvalue weighted by atomic mass is 10.3. The van der Waals surface area contributed by atoms with Gasteiger partial charge in [0.2, 0.25) is 5.88 Å².